The van der Waals surface area contributed by atoms with Gasteiger partial charge in [-0.1, -0.05) is 43.5 Å². The summed E-state index contributed by atoms with van der Waals surface area (Å²) in [7, 11) is 0. The molecule has 2 N–H and O–H groups in total. The van der Waals surface area contributed by atoms with Crippen molar-refractivity contribution >= 4 is 17.4 Å². The number of rotatable bonds is 5. The molecule has 0 aromatic heterocycles. The van der Waals surface area contributed by atoms with Crippen molar-refractivity contribution in [2.24, 2.45) is 5.10 Å². The summed E-state index contributed by atoms with van der Waals surface area (Å²) >= 11 is 0. The average molecular weight is 336 g/mol. The van der Waals surface area contributed by atoms with Gasteiger partial charge in [0.15, 0.2) is 0 Å². The maximum absolute atomic E-state index is 10.9. The van der Waals surface area contributed by atoms with Gasteiger partial charge in [0.1, 0.15) is 0 Å². The molecule has 3 rings (SSSR count). The van der Waals surface area contributed by atoms with Gasteiger partial charge in [-0.2, -0.15) is 5.10 Å². The Kier molecular flexibility index (Phi) is 5.49. The zero-order valence-electron chi connectivity index (χ0n) is 14.5. The quantitative estimate of drug-likeness (QED) is 0.577. The highest BCUT2D eigenvalue weighted by Crippen LogP contribution is 2.32. The van der Waals surface area contributed by atoms with Gasteiger partial charge in [0.25, 0.3) is 0 Å². The molecule has 130 valence electrons. The lowest BCUT2D eigenvalue weighted by Crippen LogP contribution is -2.05. The van der Waals surface area contributed by atoms with Crippen LogP contribution in [0, 0.1) is 0 Å². The number of hydrogen-bond donors (Lipinski definition) is 2. The number of carboxylic acids is 1. The van der Waals surface area contributed by atoms with Crippen LogP contribution in [0.3, 0.4) is 0 Å². The van der Waals surface area contributed by atoms with E-state index in [0.29, 0.717) is 5.92 Å². The summed E-state index contributed by atoms with van der Waals surface area (Å²) in [5.41, 5.74) is 7.45. The molecule has 1 saturated carbocycles. The molecule has 2 aromatic carbocycles. The molecule has 0 radical (unpaired) electrons. The fourth-order valence-corrected chi connectivity index (χ4v) is 3.33. The number of hydrazone groups is 1. The van der Waals surface area contributed by atoms with Crippen LogP contribution in [0.1, 0.15) is 66.4 Å². The summed E-state index contributed by atoms with van der Waals surface area (Å²) in [5.74, 6) is -0.213. The molecule has 0 spiro atoms. The first-order chi connectivity index (χ1) is 12.1. The van der Waals surface area contributed by atoms with Gasteiger partial charge in [0.2, 0.25) is 0 Å². The molecule has 0 unspecified atom stereocenters. The van der Waals surface area contributed by atoms with Crippen LogP contribution in [0.25, 0.3) is 0 Å². The van der Waals surface area contributed by atoms with Crippen molar-refractivity contribution in [3.63, 3.8) is 0 Å². The van der Waals surface area contributed by atoms with Crippen molar-refractivity contribution in [2.45, 2.75) is 44.9 Å². The molecule has 0 amide bonds. The third-order valence-electron chi connectivity index (χ3n) is 4.89. The molecule has 0 saturated heterocycles. The van der Waals surface area contributed by atoms with E-state index in [9.17, 15) is 4.79 Å². The Hall–Kier alpha value is -2.62. The standard InChI is InChI=1S/C21H24N2O2/c1-15(22-23-20-13-11-19(12-14-20)21(24)25)16-7-9-18(10-8-16)17-5-3-2-4-6-17/h7-14,17,23H,2-6H2,1H3,(H,24,25)/b22-15-. The zero-order valence-corrected chi connectivity index (χ0v) is 14.5. The Labute approximate surface area is 148 Å². The molecule has 0 heterocycles. The summed E-state index contributed by atoms with van der Waals surface area (Å²) in [6.07, 6.45) is 6.68. The molecule has 1 aliphatic carbocycles. The highest BCUT2D eigenvalue weighted by atomic mass is 16.4. The van der Waals surface area contributed by atoms with E-state index in [1.807, 2.05) is 6.92 Å². The van der Waals surface area contributed by atoms with Crippen molar-refractivity contribution in [2.75, 3.05) is 5.43 Å². The number of nitrogens with zero attached hydrogens (tertiary/aromatic N) is 1. The largest absolute Gasteiger partial charge is 0.478 e. The Morgan fingerprint density at radius 2 is 1.56 bits per heavy atom. The fourth-order valence-electron chi connectivity index (χ4n) is 3.33. The Morgan fingerprint density at radius 3 is 2.16 bits per heavy atom. The number of benzene rings is 2. The van der Waals surface area contributed by atoms with Crippen molar-refractivity contribution in [3.05, 3.63) is 65.2 Å². The second kappa shape index (κ2) is 7.97. The minimum Gasteiger partial charge on any atom is -0.478 e. The van der Waals surface area contributed by atoms with Crippen molar-refractivity contribution in [1.29, 1.82) is 0 Å². The van der Waals surface area contributed by atoms with E-state index < -0.39 is 5.97 Å². The van der Waals surface area contributed by atoms with Crippen LogP contribution in [0.2, 0.25) is 0 Å². The Bertz CT molecular complexity index is 742. The van der Waals surface area contributed by atoms with Gasteiger partial charge < -0.3 is 5.11 Å². The van der Waals surface area contributed by atoms with E-state index in [0.717, 1.165) is 17.0 Å². The lowest BCUT2D eigenvalue weighted by atomic mass is 9.84. The molecule has 0 bridgehead atoms. The van der Waals surface area contributed by atoms with Crippen molar-refractivity contribution in [1.82, 2.24) is 0 Å². The molecule has 25 heavy (non-hydrogen) atoms. The van der Waals surface area contributed by atoms with Crippen LogP contribution < -0.4 is 5.43 Å². The van der Waals surface area contributed by atoms with E-state index in [1.54, 1.807) is 24.3 Å². The molecule has 0 atom stereocenters. The fraction of sp³-hybridized carbons (Fsp3) is 0.333. The minimum absolute atomic E-state index is 0.268. The number of aromatic carboxylic acids is 1. The SMILES string of the molecule is C/C(=N/Nc1ccc(C(=O)O)cc1)c1ccc(C2CCCCC2)cc1. The highest BCUT2D eigenvalue weighted by molar-refractivity contribution is 5.99. The van der Waals surface area contributed by atoms with Gasteiger partial charge in [-0.05, 0) is 61.1 Å². The molecular weight excluding hydrogens is 312 g/mol. The number of carbonyl (C=O) groups is 1. The third-order valence-corrected chi connectivity index (χ3v) is 4.89. The Morgan fingerprint density at radius 1 is 0.960 bits per heavy atom. The van der Waals surface area contributed by atoms with Crippen LogP contribution >= 0.6 is 0 Å². The molecular formula is C21H24N2O2. The summed E-state index contributed by atoms with van der Waals surface area (Å²) in [6.45, 7) is 1.97. The van der Waals surface area contributed by atoms with Gasteiger partial charge in [-0.15, -0.1) is 0 Å². The van der Waals surface area contributed by atoms with E-state index in [4.69, 9.17) is 5.11 Å². The normalized spacial score (nSPS) is 15.8. The molecule has 4 nitrogen and oxygen atoms in total. The van der Waals surface area contributed by atoms with Crippen LogP contribution in [0.5, 0.6) is 0 Å². The zero-order chi connectivity index (χ0) is 17.6. The summed E-state index contributed by atoms with van der Waals surface area (Å²) in [6, 6.07) is 15.3. The number of carboxylic acid groups (broad SMARTS) is 1. The van der Waals surface area contributed by atoms with E-state index >= 15 is 0 Å². The molecule has 1 aliphatic rings. The molecule has 0 aliphatic heterocycles. The molecule has 2 aromatic rings. The monoisotopic (exact) mass is 336 g/mol. The first kappa shape index (κ1) is 17.2. The average Bonchev–Trinajstić information content (AvgIpc) is 2.67. The van der Waals surface area contributed by atoms with Crippen LogP contribution in [0.4, 0.5) is 5.69 Å². The maximum Gasteiger partial charge on any atom is 0.335 e. The second-order valence-electron chi connectivity index (χ2n) is 6.65. The van der Waals surface area contributed by atoms with Crippen LogP contribution in [-0.4, -0.2) is 16.8 Å². The van der Waals surface area contributed by atoms with E-state index in [-0.39, 0.29) is 5.56 Å². The van der Waals surface area contributed by atoms with Gasteiger partial charge in [-0.25, -0.2) is 4.79 Å². The highest BCUT2D eigenvalue weighted by Gasteiger charge is 2.15. The third kappa shape index (κ3) is 4.47. The predicted molar refractivity (Wildman–Crippen MR) is 102 cm³/mol. The van der Waals surface area contributed by atoms with Crippen LogP contribution in [0.15, 0.2) is 53.6 Å². The summed E-state index contributed by atoms with van der Waals surface area (Å²) < 4.78 is 0. The van der Waals surface area contributed by atoms with Crippen molar-refractivity contribution in [3.8, 4) is 0 Å². The summed E-state index contributed by atoms with van der Waals surface area (Å²) in [5, 5.41) is 13.3. The molecule has 4 heteroatoms. The molecule has 1 fully saturated rings. The minimum atomic E-state index is -0.927. The second-order valence-corrected chi connectivity index (χ2v) is 6.65. The van der Waals surface area contributed by atoms with Gasteiger partial charge in [0, 0.05) is 0 Å². The number of nitrogens with one attached hydrogen (secondary N) is 1. The van der Waals surface area contributed by atoms with E-state index in [2.05, 4.69) is 34.8 Å². The lowest BCUT2D eigenvalue weighted by molar-refractivity contribution is 0.0697. The van der Waals surface area contributed by atoms with Crippen molar-refractivity contribution < 1.29 is 9.90 Å². The smallest absolute Gasteiger partial charge is 0.335 e. The van der Waals surface area contributed by atoms with Crippen LogP contribution in [-0.2, 0) is 0 Å². The predicted octanol–water partition coefficient (Wildman–Crippen LogP) is 5.27. The van der Waals surface area contributed by atoms with E-state index in [1.165, 1.54) is 37.7 Å². The topological polar surface area (TPSA) is 61.7 Å². The van der Waals surface area contributed by atoms with Gasteiger partial charge >= 0.3 is 5.97 Å². The number of hydrogen-bond acceptors (Lipinski definition) is 3. The maximum atomic E-state index is 10.9. The summed E-state index contributed by atoms with van der Waals surface area (Å²) in [4.78, 5) is 10.9. The Balaban J connectivity index is 1.64. The first-order valence-electron chi connectivity index (χ1n) is 8.87. The lowest BCUT2D eigenvalue weighted by Gasteiger charge is -2.22. The first-order valence-corrected chi connectivity index (χ1v) is 8.87. The van der Waals surface area contributed by atoms with Gasteiger partial charge in [0.05, 0.1) is 17.0 Å². The van der Waals surface area contributed by atoms with Gasteiger partial charge in [-0.3, -0.25) is 5.43 Å². The number of anilines is 1.